The Bertz CT molecular complexity index is 1120. The molecule has 0 aliphatic carbocycles. The highest BCUT2D eigenvalue weighted by Gasteiger charge is 2.36. The highest BCUT2D eigenvalue weighted by Crippen LogP contribution is 2.40. The average Bonchev–Trinajstić information content (AvgIpc) is 3.19. The van der Waals surface area contributed by atoms with Crippen LogP contribution in [0.25, 0.3) is 0 Å². The lowest BCUT2D eigenvalue weighted by molar-refractivity contribution is 0.379. The zero-order valence-corrected chi connectivity index (χ0v) is 14.5. The summed E-state index contributed by atoms with van der Waals surface area (Å²) in [5.41, 5.74) is 7.79. The average molecular weight is 360 g/mol. The van der Waals surface area contributed by atoms with E-state index in [0.29, 0.717) is 29.3 Å². The Morgan fingerprint density at radius 3 is 2.89 bits per heavy atom. The van der Waals surface area contributed by atoms with Crippen molar-refractivity contribution in [2.75, 3.05) is 0 Å². The molecule has 1 atom stereocenters. The molecule has 0 bridgehead atoms. The van der Waals surface area contributed by atoms with Crippen LogP contribution in [0.5, 0.6) is 5.75 Å². The van der Waals surface area contributed by atoms with Gasteiger partial charge in [-0.3, -0.25) is 9.78 Å². The number of fused-ring (bicyclic) bond motifs is 1. The summed E-state index contributed by atoms with van der Waals surface area (Å²) in [4.78, 5) is 17.5. The van der Waals surface area contributed by atoms with Crippen LogP contribution in [0.15, 0.2) is 69.7 Å². The van der Waals surface area contributed by atoms with Crippen molar-refractivity contribution < 1.29 is 9.15 Å². The summed E-state index contributed by atoms with van der Waals surface area (Å²) >= 11 is 0. The number of nitrogens with zero attached hydrogens (tertiary/aromatic N) is 3. The van der Waals surface area contributed by atoms with Crippen molar-refractivity contribution >= 4 is 0 Å². The van der Waals surface area contributed by atoms with Crippen LogP contribution in [0.3, 0.4) is 0 Å². The third kappa shape index (κ3) is 2.77. The molecule has 0 fully saturated rings. The van der Waals surface area contributed by atoms with Crippen molar-refractivity contribution in [3.05, 3.63) is 93.4 Å². The van der Waals surface area contributed by atoms with Gasteiger partial charge in [0.15, 0.2) is 0 Å². The van der Waals surface area contributed by atoms with E-state index in [9.17, 15) is 10.1 Å². The van der Waals surface area contributed by atoms with E-state index < -0.39 is 5.92 Å². The predicted octanol–water partition coefficient (Wildman–Crippen LogP) is 2.41. The SMILES string of the molecule is Cc1cc2c(c(=O)n1Cc1cccnc1)[C@@H](c1ccco1)C(C#N)=C(N)O2. The van der Waals surface area contributed by atoms with Crippen LogP contribution in [-0.2, 0) is 6.54 Å². The molecule has 4 heterocycles. The maximum Gasteiger partial charge on any atom is 0.259 e. The number of pyridine rings is 2. The quantitative estimate of drug-likeness (QED) is 0.768. The van der Waals surface area contributed by atoms with Gasteiger partial charge in [0.2, 0.25) is 5.88 Å². The second kappa shape index (κ2) is 6.50. The van der Waals surface area contributed by atoms with Gasteiger partial charge in [-0.15, -0.1) is 0 Å². The molecule has 0 amide bonds. The Morgan fingerprint density at radius 2 is 2.22 bits per heavy atom. The lowest BCUT2D eigenvalue weighted by Crippen LogP contribution is -2.32. The number of nitriles is 1. The maximum absolute atomic E-state index is 13.4. The van der Waals surface area contributed by atoms with Gasteiger partial charge in [0, 0.05) is 24.2 Å². The van der Waals surface area contributed by atoms with E-state index in [1.54, 1.807) is 35.2 Å². The predicted molar refractivity (Wildman–Crippen MR) is 96.8 cm³/mol. The highest BCUT2D eigenvalue weighted by molar-refractivity contribution is 5.53. The van der Waals surface area contributed by atoms with Gasteiger partial charge >= 0.3 is 0 Å². The molecule has 3 aromatic heterocycles. The van der Waals surface area contributed by atoms with Crippen molar-refractivity contribution in [3.63, 3.8) is 0 Å². The van der Waals surface area contributed by atoms with Crippen LogP contribution in [0, 0.1) is 18.3 Å². The first kappa shape index (κ1) is 16.7. The Balaban J connectivity index is 1.92. The molecular weight excluding hydrogens is 344 g/mol. The number of hydrogen-bond donors (Lipinski definition) is 1. The molecule has 0 unspecified atom stereocenters. The van der Waals surface area contributed by atoms with Crippen molar-refractivity contribution in [3.8, 4) is 11.8 Å². The van der Waals surface area contributed by atoms with Gasteiger partial charge in [-0.25, -0.2) is 0 Å². The van der Waals surface area contributed by atoms with Crippen LogP contribution < -0.4 is 16.0 Å². The lowest BCUT2D eigenvalue weighted by atomic mass is 9.88. The van der Waals surface area contributed by atoms with Gasteiger partial charge in [-0.1, -0.05) is 6.07 Å². The Kier molecular flexibility index (Phi) is 4.01. The molecule has 0 saturated carbocycles. The number of allylic oxidation sites excluding steroid dienone is 1. The van der Waals surface area contributed by atoms with Gasteiger partial charge in [0.1, 0.15) is 23.2 Å². The normalized spacial score (nSPS) is 15.8. The van der Waals surface area contributed by atoms with Gasteiger partial charge < -0.3 is 19.5 Å². The third-order valence-corrected chi connectivity index (χ3v) is 4.58. The molecule has 134 valence electrons. The molecule has 0 spiro atoms. The zero-order chi connectivity index (χ0) is 19.0. The summed E-state index contributed by atoms with van der Waals surface area (Å²) in [6.45, 7) is 2.18. The Morgan fingerprint density at radius 1 is 1.37 bits per heavy atom. The fraction of sp³-hybridized carbons (Fsp3) is 0.150. The van der Waals surface area contributed by atoms with Crippen molar-refractivity contribution in [2.45, 2.75) is 19.4 Å². The maximum atomic E-state index is 13.4. The summed E-state index contributed by atoms with van der Waals surface area (Å²) in [6.07, 6.45) is 4.89. The molecule has 0 saturated heterocycles. The molecule has 2 N–H and O–H groups in total. The summed E-state index contributed by atoms with van der Waals surface area (Å²) in [6, 6.07) is 11.0. The molecule has 27 heavy (non-hydrogen) atoms. The molecule has 4 rings (SSSR count). The fourth-order valence-electron chi connectivity index (χ4n) is 3.30. The first-order valence-electron chi connectivity index (χ1n) is 8.34. The van der Waals surface area contributed by atoms with E-state index >= 15 is 0 Å². The second-order valence-corrected chi connectivity index (χ2v) is 6.26. The highest BCUT2D eigenvalue weighted by atomic mass is 16.5. The minimum atomic E-state index is -0.706. The van der Waals surface area contributed by atoms with Gasteiger partial charge in [-0.2, -0.15) is 5.26 Å². The van der Waals surface area contributed by atoms with Crippen molar-refractivity contribution in [2.24, 2.45) is 5.73 Å². The number of furan rings is 1. The van der Waals surface area contributed by atoms with Crippen LogP contribution in [-0.4, -0.2) is 9.55 Å². The number of hydrogen-bond acceptors (Lipinski definition) is 6. The monoisotopic (exact) mass is 360 g/mol. The second-order valence-electron chi connectivity index (χ2n) is 6.26. The van der Waals surface area contributed by atoms with Crippen LogP contribution >= 0.6 is 0 Å². The van der Waals surface area contributed by atoms with Crippen LogP contribution in [0.4, 0.5) is 0 Å². The molecule has 7 heteroatoms. The number of aryl methyl sites for hydroxylation is 1. The van der Waals surface area contributed by atoms with E-state index in [4.69, 9.17) is 14.9 Å². The van der Waals surface area contributed by atoms with E-state index in [-0.39, 0.29) is 17.0 Å². The largest absolute Gasteiger partial charge is 0.468 e. The number of nitrogens with two attached hydrogens (primary N) is 1. The first-order chi connectivity index (χ1) is 13.1. The van der Waals surface area contributed by atoms with Crippen molar-refractivity contribution in [1.82, 2.24) is 9.55 Å². The molecule has 3 aromatic rings. The van der Waals surface area contributed by atoms with E-state index in [1.165, 1.54) is 6.26 Å². The molecule has 0 radical (unpaired) electrons. The summed E-state index contributed by atoms with van der Waals surface area (Å²) < 4.78 is 12.7. The summed E-state index contributed by atoms with van der Waals surface area (Å²) in [5, 5.41) is 9.58. The third-order valence-electron chi connectivity index (χ3n) is 4.58. The minimum absolute atomic E-state index is 0.0183. The van der Waals surface area contributed by atoms with E-state index in [0.717, 1.165) is 5.56 Å². The zero-order valence-electron chi connectivity index (χ0n) is 14.5. The smallest absolute Gasteiger partial charge is 0.259 e. The molecular formula is C20H16N4O3. The minimum Gasteiger partial charge on any atom is -0.468 e. The summed E-state index contributed by atoms with van der Waals surface area (Å²) in [7, 11) is 0. The lowest BCUT2D eigenvalue weighted by Gasteiger charge is -2.26. The van der Waals surface area contributed by atoms with Gasteiger partial charge in [0.25, 0.3) is 5.56 Å². The number of rotatable bonds is 3. The molecule has 1 aliphatic rings. The first-order valence-corrected chi connectivity index (χ1v) is 8.34. The van der Waals surface area contributed by atoms with Gasteiger partial charge in [-0.05, 0) is 30.7 Å². The number of ether oxygens (including phenoxy) is 1. The fourth-order valence-corrected chi connectivity index (χ4v) is 3.30. The van der Waals surface area contributed by atoms with Gasteiger partial charge in [0.05, 0.1) is 24.3 Å². The van der Waals surface area contributed by atoms with Crippen LogP contribution in [0.1, 0.15) is 28.5 Å². The molecule has 0 aromatic carbocycles. The van der Waals surface area contributed by atoms with E-state index in [2.05, 4.69) is 11.1 Å². The standard InChI is InChI=1S/C20H16N4O3/c1-12-8-16-18(20(25)24(12)11-13-4-2-6-23-10-13)17(15-5-3-7-26-15)14(9-21)19(22)27-16/h2-8,10,17H,11,22H2,1H3/t17-/m1/s1. The molecule has 7 nitrogen and oxygen atoms in total. The van der Waals surface area contributed by atoms with Crippen LogP contribution in [0.2, 0.25) is 0 Å². The molecule has 1 aliphatic heterocycles. The van der Waals surface area contributed by atoms with Crippen molar-refractivity contribution in [1.29, 1.82) is 5.26 Å². The number of aromatic nitrogens is 2. The Hall–Kier alpha value is -3.79. The summed E-state index contributed by atoms with van der Waals surface area (Å²) in [5.74, 6) is 0.0861. The van der Waals surface area contributed by atoms with E-state index in [1.807, 2.05) is 19.1 Å². The topological polar surface area (TPSA) is 107 Å². The Labute approximate surface area is 154 Å².